The zero-order valence-electron chi connectivity index (χ0n) is 21.8. The molecule has 42 heavy (non-hydrogen) atoms. The third-order valence-corrected chi connectivity index (χ3v) is 6.34. The predicted molar refractivity (Wildman–Crippen MR) is 158 cm³/mol. The highest BCUT2D eigenvalue weighted by Gasteiger charge is 2.16. The predicted octanol–water partition coefficient (Wildman–Crippen LogP) is 7.87. The van der Waals surface area contributed by atoms with Gasteiger partial charge in [0.05, 0.1) is 23.0 Å². The second-order valence-corrected chi connectivity index (χ2v) is 9.65. The molecular weight excluding hydrogens is 585 g/mol. The van der Waals surface area contributed by atoms with Crippen molar-refractivity contribution in [3.63, 3.8) is 0 Å². The van der Waals surface area contributed by atoms with Crippen LogP contribution >= 0.6 is 23.2 Å². The molecule has 0 saturated carbocycles. The summed E-state index contributed by atoms with van der Waals surface area (Å²) in [6, 6.07) is 15.0. The monoisotopic (exact) mass is 604 g/mol. The van der Waals surface area contributed by atoms with Crippen LogP contribution in [0.3, 0.4) is 0 Å². The van der Waals surface area contributed by atoms with Crippen molar-refractivity contribution in [2.45, 2.75) is 6.92 Å². The summed E-state index contributed by atoms with van der Waals surface area (Å²) < 4.78 is 33.1. The SMILES string of the molecule is Cc1cnccc1Nc1nc(-c2cc(Cl)ccc2F)ncc1-c1ccco1.O=c1ccnc(-c2cc(Cl)ccc2F)[nH]1. The van der Waals surface area contributed by atoms with Gasteiger partial charge in [-0.05, 0) is 67.1 Å². The largest absolute Gasteiger partial charge is 0.464 e. The molecule has 0 atom stereocenters. The number of nitrogens with zero attached hydrogens (tertiary/aromatic N) is 4. The van der Waals surface area contributed by atoms with E-state index in [-0.39, 0.29) is 28.3 Å². The fourth-order valence-electron chi connectivity index (χ4n) is 3.82. The molecule has 0 aliphatic rings. The van der Waals surface area contributed by atoms with E-state index in [0.29, 0.717) is 27.2 Å². The smallest absolute Gasteiger partial charge is 0.251 e. The highest BCUT2D eigenvalue weighted by atomic mass is 35.5. The van der Waals surface area contributed by atoms with Gasteiger partial charge in [-0.15, -0.1) is 0 Å². The third kappa shape index (κ3) is 6.68. The van der Waals surface area contributed by atoms with E-state index in [2.05, 4.69) is 30.2 Å². The summed E-state index contributed by atoms with van der Waals surface area (Å²) in [6.07, 6.45) is 7.91. The zero-order valence-corrected chi connectivity index (χ0v) is 23.3. The first-order chi connectivity index (χ1) is 20.3. The van der Waals surface area contributed by atoms with Gasteiger partial charge in [0.25, 0.3) is 5.56 Å². The Morgan fingerprint density at radius 1 is 0.857 bits per heavy atom. The van der Waals surface area contributed by atoms with Crippen molar-refractivity contribution in [3.05, 3.63) is 129 Å². The van der Waals surface area contributed by atoms with Crippen LogP contribution in [0.1, 0.15) is 5.56 Å². The van der Waals surface area contributed by atoms with E-state index in [4.69, 9.17) is 27.6 Å². The Kier molecular flexibility index (Phi) is 8.66. The molecule has 4 heterocycles. The molecule has 0 saturated heterocycles. The number of anilines is 2. The molecule has 12 heteroatoms. The third-order valence-electron chi connectivity index (χ3n) is 5.87. The molecule has 0 radical (unpaired) electrons. The summed E-state index contributed by atoms with van der Waals surface area (Å²) in [5.41, 5.74) is 2.50. The molecule has 6 aromatic rings. The number of H-pyrrole nitrogens is 1. The number of hydrogen-bond donors (Lipinski definition) is 2. The van der Waals surface area contributed by atoms with E-state index in [0.717, 1.165) is 11.3 Å². The van der Waals surface area contributed by atoms with Gasteiger partial charge in [-0.2, -0.15) is 0 Å². The molecule has 8 nitrogen and oxygen atoms in total. The van der Waals surface area contributed by atoms with Gasteiger partial charge in [-0.3, -0.25) is 9.78 Å². The van der Waals surface area contributed by atoms with Crippen molar-refractivity contribution in [1.82, 2.24) is 24.9 Å². The maximum absolute atomic E-state index is 14.3. The van der Waals surface area contributed by atoms with E-state index in [1.54, 1.807) is 30.9 Å². The van der Waals surface area contributed by atoms with Gasteiger partial charge >= 0.3 is 0 Å². The van der Waals surface area contributed by atoms with Crippen LogP contribution in [0.25, 0.3) is 34.1 Å². The number of aromatic amines is 1. The maximum atomic E-state index is 14.3. The van der Waals surface area contributed by atoms with Crippen LogP contribution in [0.2, 0.25) is 10.0 Å². The number of benzene rings is 2. The molecule has 6 rings (SSSR count). The molecule has 0 spiro atoms. The molecule has 2 N–H and O–H groups in total. The molecule has 210 valence electrons. The zero-order chi connectivity index (χ0) is 29.6. The first kappa shape index (κ1) is 28.6. The molecule has 0 aliphatic heterocycles. The lowest BCUT2D eigenvalue weighted by Gasteiger charge is -2.13. The van der Waals surface area contributed by atoms with E-state index < -0.39 is 11.6 Å². The van der Waals surface area contributed by atoms with Crippen LogP contribution < -0.4 is 10.9 Å². The number of halogens is 4. The van der Waals surface area contributed by atoms with Gasteiger partial charge in [-0.1, -0.05) is 23.2 Å². The minimum atomic E-state index is -0.478. The summed E-state index contributed by atoms with van der Waals surface area (Å²) in [7, 11) is 0. The lowest BCUT2D eigenvalue weighted by molar-refractivity contribution is 0.582. The van der Waals surface area contributed by atoms with Crippen molar-refractivity contribution in [2.24, 2.45) is 0 Å². The van der Waals surface area contributed by atoms with Gasteiger partial charge < -0.3 is 14.7 Å². The van der Waals surface area contributed by atoms with Crippen LogP contribution in [0, 0.1) is 18.6 Å². The average Bonchev–Trinajstić information content (AvgIpc) is 3.52. The summed E-state index contributed by atoms with van der Waals surface area (Å²) in [5, 5.41) is 4.06. The van der Waals surface area contributed by atoms with E-state index >= 15 is 0 Å². The fraction of sp³-hybridized carbons (Fsp3) is 0.0333. The molecule has 2 aromatic carbocycles. The first-order valence-electron chi connectivity index (χ1n) is 12.3. The highest BCUT2D eigenvalue weighted by molar-refractivity contribution is 6.31. The van der Waals surface area contributed by atoms with E-state index in [1.807, 2.05) is 19.1 Å². The van der Waals surface area contributed by atoms with Crippen LogP contribution in [-0.2, 0) is 0 Å². The molecule has 0 bridgehead atoms. The molecule has 0 unspecified atom stereocenters. The topological polar surface area (TPSA) is 110 Å². The van der Waals surface area contributed by atoms with Crippen LogP contribution in [-0.4, -0.2) is 24.9 Å². The minimum absolute atomic E-state index is 0.169. The Labute approximate surface area is 248 Å². The van der Waals surface area contributed by atoms with Crippen LogP contribution in [0.4, 0.5) is 20.3 Å². The summed E-state index contributed by atoms with van der Waals surface area (Å²) >= 11 is 11.7. The molecule has 4 aromatic heterocycles. The normalized spacial score (nSPS) is 10.6. The van der Waals surface area contributed by atoms with Crippen molar-refractivity contribution in [1.29, 1.82) is 0 Å². The van der Waals surface area contributed by atoms with Crippen molar-refractivity contribution < 1.29 is 13.2 Å². The van der Waals surface area contributed by atoms with Gasteiger partial charge in [0.1, 0.15) is 29.0 Å². The Hall–Kier alpha value is -4.93. The van der Waals surface area contributed by atoms with Gasteiger partial charge in [-0.25, -0.2) is 23.7 Å². The summed E-state index contributed by atoms with van der Waals surface area (Å²) in [6.45, 7) is 1.93. The molecule has 0 amide bonds. The Morgan fingerprint density at radius 3 is 2.29 bits per heavy atom. The average molecular weight is 605 g/mol. The maximum Gasteiger partial charge on any atom is 0.251 e. The highest BCUT2D eigenvalue weighted by Crippen LogP contribution is 2.32. The number of pyridine rings is 1. The number of furan rings is 1. The van der Waals surface area contributed by atoms with E-state index in [9.17, 15) is 13.6 Å². The van der Waals surface area contributed by atoms with Crippen molar-refractivity contribution >= 4 is 34.7 Å². The van der Waals surface area contributed by atoms with Gasteiger partial charge in [0.15, 0.2) is 5.82 Å². The Bertz CT molecular complexity index is 1920. The quantitative estimate of drug-likeness (QED) is 0.206. The molecular formula is C30H20Cl2F2N6O2. The number of nitrogens with one attached hydrogen (secondary N) is 2. The molecule has 0 aliphatic carbocycles. The lowest BCUT2D eigenvalue weighted by Crippen LogP contribution is -2.06. The van der Waals surface area contributed by atoms with E-state index in [1.165, 1.54) is 48.7 Å². The second kappa shape index (κ2) is 12.7. The number of rotatable bonds is 5. The number of aryl methyl sites for hydroxylation is 1. The lowest BCUT2D eigenvalue weighted by atomic mass is 10.1. The van der Waals surface area contributed by atoms with Gasteiger partial charge in [0, 0.05) is 46.6 Å². The number of aromatic nitrogens is 5. The summed E-state index contributed by atoms with van der Waals surface area (Å²) in [4.78, 5) is 30.2. The first-order valence-corrected chi connectivity index (χ1v) is 13.1. The summed E-state index contributed by atoms with van der Waals surface area (Å²) in [5.74, 6) is 0.554. The molecule has 0 fully saturated rings. The minimum Gasteiger partial charge on any atom is -0.464 e. The number of hydrogen-bond acceptors (Lipinski definition) is 7. The van der Waals surface area contributed by atoms with Gasteiger partial charge in [0.2, 0.25) is 0 Å². The van der Waals surface area contributed by atoms with Crippen LogP contribution in [0.15, 0.2) is 101 Å². The standard InChI is InChI=1S/C20H14ClFN4O.C10H6ClFN2O/c1-12-10-23-7-6-17(12)25-20-15(18-3-2-8-27-18)11-24-19(26-20)14-9-13(21)4-5-16(14)22;11-6-1-2-8(12)7(5-6)10-13-4-3-9(15)14-10/h2-11H,1H3,(H,23,24,25,26);1-5H,(H,13,14,15). The van der Waals surface area contributed by atoms with Crippen molar-refractivity contribution in [3.8, 4) is 34.1 Å². The fourth-order valence-corrected chi connectivity index (χ4v) is 4.16. The van der Waals surface area contributed by atoms with Crippen molar-refractivity contribution in [2.75, 3.05) is 5.32 Å². The second-order valence-electron chi connectivity index (χ2n) is 8.78. The van der Waals surface area contributed by atoms with Crippen LogP contribution in [0.5, 0.6) is 0 Å². The Balaban J connectivity index is 0.000000199. The Morgan fingerprint density at radius 2 is 1.60 bits per heavy atom.